The molecule has 2 nitrogen and oxygen atoms in total. The molecule has 0 bridgehead atoms. The lowest BCUT2D eigenvalue weighted by molar-refractivity contribution is -0.156. The first kappa shape index (κ1) is 15.0. The zero-order valence-corrected chi connectivity index (χ0v) is 9.56. The second-order valence-electron chi connectivity index (χ2n) is 3.58. The van der Waals surface area contributed by atoms with E-state index in [1.807, 2.05) is 13.8 Å². The number of ether oxygens (including phenoxy) is 1. The number of rotatable bonds is 6. The summed E-state index contributed by atoms with van der Waals surface area (Å²) in [5.74, 6) is -1.36. The summed E-state index contributed by atoms with van der Waals surface area (Å²) < 4.78 is 41.1. The second kappa shape index (κ2) is 6.55. The molecular weight excluding hydrogens is 221 g/mol. The topological polar surface area (TPSA) is 26.3 Å². The first-order valence-corrected chi connectivity index (χ1v) is 5.30. The Balaban J connectivity index is 4.34. The van der Waals surface area contributed by atoms with Gasteiger partial charge in [0.2, 0.25) is 0 Å². The van der Waals surface area contributed by atoms with Crippen LogP contribution in [0.3, 0.4) is 0 Å². The molecule has 0 saturated carbocycles. The molecular formula is C11H17F3O2. The quantitative estimate of drug-likeness (QED) is 0.522. The van der Waals surface area contributed by atoms with Crippen LogP contribution in [-0.4, -0.2) is 18.2 Å². The molecule has 0 aromatic rings. The summed E-state index contributed by atoms with van der Waals surface area (Å²) in [6, 6.07) is 0. The van der Waals surface area contributed by atoms with E-state index in [4.69, 9.17) is 4.74 Å². The summed E-state index contributed by atoms with van der Waals surface area (Å²) in [6.45, 7) is 6.47. The van der Waals surface area contributed by atoms with Crippen LogP contribution in [-0.2, 0) is 9.53 Å². The molecule has 94 valence electrons. The fourth-order valence-electron chi connectivity index (χ4n) is 1.24. The van der Waals surface area contributed by atoms with Crippen LogP contribution in [0.4, 0.5) is 13.2 Å². The van der Waals surface area contributed by atoms with Gasteiger partial charge in [0.1, 0.15) is 11.7 Å². The molecule has 5 heteroatoms. The van der Waals surface area contributed by atoms with Crippen LogP contribution in [0, 0.1) is 0 Å². The Hall–Kier alpha value is -1.00. The zero-order valence-electron chi connectivity index (χ0n) is 9.56. The van der Waals surface area contributed by atoms with Crippen molar-refractivity contribution in [1.82, 2.24) is 0 Å². The molecule has 0 fully saturated rings. The Bertz CT molecular complexity index is 240. The van der Waals surface area contributed by atoms with Crippen molar-refractivity contribution in [3.05, 3.63) is 12.2 Å². The van der Waals surface area contributed by atoms with Crippen molar-refractivity contribution >= 4 is 5.97 Å². The molecule has 0 aromatic heterocycles. The molecule has 0 radical (unpaired) electrons. The minimum absolute atomic E-state index is 0.443. The Kier molecular flexibility index (Phi) is 6.14. The van der Waals surface area contributed by atoms with Crippen LogP contribution in [0.5, 0.6) is 0 Å². The van der Waals surface area contributed by atoms with Crippen molar-refractivity contribution in [2.75, 3.05) is 0 Å². The number of hydrogen-bond donors (Lipinski definition) is 0. The third kappa shape index (κ3) is 5.19. The first-order valence-electron chi connectivity index (χ1n) is 5.30. The van der Waals surface area contributed by atoms with Gasteiger partial charge in [0.15, 0.2) is 0 Å². The molecule has 0 aliphatic carbocycles. The summed E-state index contributed by atoms with van der Waals surface area (Å²) in [4.78, 5) is 11.1. The third-order valence-corrected chi connectivity index (χ3v) is 2.08. The number of halogens is 3. The molecule has 0 N–H and O–H groups in total. The number of alkyl halides is 3. The average Bonchev–Trinajstić information content (AvgIpc) is 2.15. The average molecular weight is 238 g/mol. The number of esters is 1. The van der Waals surface area contributed by atoms with Crippen molar-refractivity contribution in [3.63, 3.8) is 0 Å². The van der Waals surface area contributed by atoms with Gasteiger partial charge in [0.25, 0.3) is 0 Å². The van der Waals surface area contributed by atoms with E-state index in [1.165, 1.54) is 0 Å². The lowest BCUT2D eigenvalue weighted by Crippen LogP contribution is -2.25. The van der Waals surface area contributed by atoms with Crippen LogP contribution in [0.2, 0.25) is 0 Å². The minimum Gasteiger partial charge on any atom is -0.459 e. The van der Waals surface area contributed by atoms with E-state index in [1.54, 1.807) is 0 Å². The minimum atomic E-state index is -4.71. The maximum absolute atomic E-state index is 12.1. The second-order valence-corrected chi connectivity index (χ2v) is 3.58. The highest BCUT2D eigenvalue weighted by atomic mass is 19.4. The van der Waals surface area contributed by atoms with E-state index in [2.05, 4.69) is 6.58 Å². The number of carbonyl (C=O) groups is 1. The number of carbonyl (C=O) groups excluding carboxylic acids is 1. The van der Waals surface area contributed by atoms with Gasteiger partial charge >= 0.3 is 12.1 Å². The van der Waals surface area contributed by atoms with Crippen LogP contribution < -0.4 is 0 Å². The normalized spacial score (nSPS) is 11.6. The van der Waals surface area contributed by atoms with E-state index in [0.29, 0.717) is 12.8 Å². The van der Waals surface area contributed by atoms with E-state index in [0.717, 1.165) is 12.8 Å². The molecule has 0 aliphatic heterocycles. The van der Waals surface area contributed by atoms with Gasteiger partial charge in [0.05, 0.1) is 0 Å². The maximum Gasteiger partial charge on any atom is 0.422 e. The highest BCUT2D eigenvalue weighted by Gasteiger charge is 2.38. The largest absolute Gasteiger partial charge is 0.459 e. The lowest BCUT2D eigenvalue weighted by atomic mass is 10.1. The van der Waals surface area contributed by atoms with E-state index in [-0.39, 0.29) is 0 Å². The highest BCUT2D eigenvalue weighted by molar-refractivity contribution is 5.89. The van der Waals surface area contributed by atoms with Gasteiger partial charge in [-0.15, -0.1) is 0 Å². The monoisotopic (exact) mass is 238 g/mol. The Morgan fingerprint density at radius 2 is 1.69 bits per heavy atom. The predicted octanol–water partition coefficient (Wildman–Crippen LogP) is 3.62. The highest BCUT2D eigenvalue weighted by Crippen LogP contribution is 2.26. The van der Waals surface area contributed by atoms with Gasteiger partial charge in [0, 0.05) is 0 Å². The predicted molar refractivity (Wildman–Crippen MR) is 54.9 cm³/mol. The van der Waals surface area contributed by atoms with Gasteiger partial charge in [-0.05, 0) is 12.8 Å². The van der Waals surface area contributed by atoms with Gasteiger partial charge in [-0.3, -0.25) is 0 Å². The third-order valence-electron chi connectivity index (χ3n) is 2.08. The number of hydrogen-bond acceptors (Lipinski definition) is 2. The van der Waals surface area contributed by atoms with E-state index < -0.39 is 23.8 Å². The lowest BCUT2D eigenvalue weighted by Gasteiger charge is -2.18. The van der Waals surface area contributed by atoms with Crippen LogP contribution in [0.1, 0.15) is 39.5 Å². The summed E-state index contributed by atoms with van der Waals surface area (Å²) >= 11 is 0. The molecule has 0 atom stereocenters. The van der Waals surface area contributed by atoms with Crippen LogP contribution in [0.15, 0.2) is 12.2 Å². The van der Waals surface area contributed by atoms with E-state index >= 15 is 0 Å². The summed E-state index contributed by atoms with van der Waals surface area (Å²) in [7, 11) is 0. The van der Waals surface area contributed by atoms with Crippen molar-refractivity contribution < 1.29 is 22.7 Å². The van der Waals surface area contributed by atoms with Crippen LogP contribution >= 0.6 is 0 Å². The molecule has 0 amide bonds. The van der Waals surface area contributed by atoms with Gasteiger partial charge < -0.3 is 4.74 Å². The molecule has 0 saturated heterocycles. The summed E-state index contributed by atoms with van der Waals surface area (Å²) in [5, 5.41) is 0. The summed E-state index contributed by atoms with van der Waals surface area (Å²) in [6.07, 6.45) is -2.48. The Morgan fingerprint density at radius 3 is 2.00 bits per heavy atom. The van der Waals surface area contributed by atoms with Gasteiger partial charge in [-0.25, -0.2) is 4.79 Å². The Labute approximate surface area is 93.5 Å². The SMILES string of the molecule is C=C(C(=O)OC(CCC)CCC)C(F)(F)F. The van der Waals surface area contributed by atoms with Crippen molar-refractivity contribution in [1.29, 1.82) is 0 Å². The molecule has 0 heterocycles. The van der Waals surface area contributed by atoms with Crippen LogP contribution in [0.25, 0.3) is 0 Å². The molecule has 0 rings (SSSR count). The maximum atomic E-state index is 12.1. The molecule has 0 aromatic carbocycles. The van der Waals surface area contributed by atoms with Gasteiger partial charge in [-0.1, -0.05) is 33.3 Å². The molecule has 0 spiro atoms. The smallest absolute Gasteiger partial charge is 0.422 e. The fraction of sp³-hybridized carbons (Fsp3) is 0.727. The zero-order chi connectivity index (χ0) is 12.8. The van der Waals surface area contributed by atoms with E-state index in [9.17, 15) is 18.0 Å². The molecule has 16 heavy (non-hydrogen) atoms. The van der Waals surface area contributed by atoms with Gasteiger partial charge in [-0.2, -0.15) is 13.2 Å². The molecule has 0 unspecified atom stereocenters. The van der Waals surface area contributed by atoms with Crippen molar-refractivity contribution in [3.8, 4) is 0 Å². The summed E-state index contributed by atoms with van der Waals surface area (Å²) in [5.41, 5.74) is -1.44. The Morgan fingerprint density at radius 1 is 1.25 bits per heavy atom. The fourth-order valence-corrected chi connectivity index (χ4v) is 1.24. The van der Waals surface area contributed by atoms with Crippen molar-refractivity contribution in [2.45, 2.75) is 51.8 Å². The standard InChI is InChI=1S/C11H17F3O2/c1-4-6-9(7-5-2)16-10(15)8(3)11(12,13)14/h9H,3-7H2,1-2H3. The van der Waals surface area contributed by atoms with Crippen molar-refractivity contribution in [2.24, 2.45) is 0 Å². The molecule has 0 aliphatic rings. The first-order chi connectivity index (χ1) is 7.32.